The lowest BCUT2D eigenvalue weighted by atomic mass is 10.1. The van der Waals surface area contributed by atoms with Crippen molar-refractivity contribution in [2.75, 3.05) is 12.1 Å². The second kappa shape index (κ2) is 5.39. The molecule has 0 fully saturated rings. The molecule has 20 heavy (non-hydrogen) atoms. The van der Waals surface area contributed by atoms with Crippen molar-refractivity contribution < 1.29 is 14.3 Å². The zero-order valence-corrected chi connectivity index (χ0v) is 10.4. The number of ether oxygens (including phenoxy) is 2. The molecule has 0 saturated heterocycles. The van der Waals surface area contributed by atoms with Gasteiger partial charge < -0.3 is 9.47 Å². The first-order valence-corrected chi connectivity index (χ1v) is 5.91. The number of nitrogens with one attached hydrogen (secondary N) is 2. The number of hydrogen-bond acceptors (Lipinski definition) is 6. The van der Waals surface area contributed by atoms with E-state index in [9.17, 15) is 4.79 Å². The quantitative estimate of drug-likeness (QED) is 0.794. The summed E-state index contributed by atoms with van der Waals surface area (Å²) in [5.74, 6) is 1.30. The van der Waals surface area contributed by atoms with Gasteiger partial charge in [-0.1, -0.05) is 17.2 Å². The minimum Gasteiger partial charge on any atom is -0.454 e. The van der Waals surface area contributed by atoms with E-state index in [1.54, 1.807) is 6.08 Å². The van der Waals surface area contributed by atoms with Crippen molar-refractivity contribution in [3.05, 3.63) is 35.9 Å². The summed E-state index contributed by atoms with van der Waals surface area (Å²) in [6.07, 6.45) is 3.77. The molecular weight excluding hydrogens is 262 g/mol. The van der Waals surface area contributed by atoms with Gasteiger partial charge in [0.15, 0.2) is 11.5 Å². The third-order valence-corrected chi connectivity index (χ3v) is 2.64. The van der Waals surface area contributed by atoms with Crippen molar-refractivity contribution in [3.8, 4) is 11.5 Å². The molecule has 1 aliphatic heterocycles. The highest BCUT2D eigenvalue weighted by Gasteiger charge is 2.12. The van der Waals surface area contributed by atoms with Gasteiger partial charge in [-0.25, -0.2) is 0 Å². The number of aromatic amines is 1. The lowest BCUT2D eigenvalue weighted by molar-refractivity contribution is -0.112. The van der Waals surface area contributed by atoms with Crippen LogP contribution in [0.2, 0.25) is 0 Å². The average molecular weight is 273 g/mol. The fourth-order valence-electron chi connectivity index (χ4n) is 1.74. The number of anilines is 1. The Morgan fingerprint density at radius 1 is 1.40 bits per heavy atom. The molecule has 0 radical (unpaired) electrons. The smallest absolute Gasteiger partial charge is 0.270 e. The highest BCUT2D eigenvalue weighted by Crippen LogP contribution is 2.32. The lowest BCUT2D eigenvalue weighted by Crippen LogP contribution is -2.09. The van der Waals surface area contributed by atoms with Crippen LogP contribution >= 0.6 is 0 Å². The fraction of sp³-hybridized carbons (Fsp3) is 0.167. The van der Waals surface area contributed by atoms with Crippen LogP contribution in [-0.4, -0.2) is 33.3 Å². The number of carbonyl (C=O) groups excluding carboxylic acids is 1. The zero-order chi connectivity index (χ0) is 13.8. The number of amides is 1. The van der Waals surface area contributed by atoms with E-state index in [0.717, 1.165) is 17.1 Å². The van der Waals surface area contributed by atoms with Crippen LogP contribution in [-0.2, 0) is 11.2 Å². The standard InChI is InChI=1S/C12H11N5O3/c18-11(13-12-14-16-17-15-12)3-1-2-8-4-5-9-10(6-8)20-7-19-9/h1,3-6H,2,7H2,(H2,13,14,15,16,17,18). The van der Waals surface area contributed by atoms with Gasteiger partial charge in [0.2, 0.25) is 12.7 Å². The highest BCUT2D eigenvalue weighted by molar-refractivity contribution is 5.97. The van der Waals surface area contributed by atoms with Gasteiger partial charge in [0.1, 0.15) is 0 Å². The summed E-state index contributed by atoms with van der Waals surface area (Å²) in [5.41, 5.74) is 1.03. The van der Waals surface area contributed by atoms with Crippen molar-refractivity contribution in [1.82, 2.24) is 20.6 Å². The minimum absolute atomic E-state index is 0.141. The first-order valence-electron chi connectivity index (χ1n) is 5.91. The summed E-state index contributed by atoms with van der Waals surface area (Å²) < 4.78 is 10.5. The number of H-pyrrole nitrogens is 1. The van der Waals surface area contributed by atoms with E-state index < -0.39 is 0 Å². The largest absolute Gasteiger partial charge is 0.454 e. The Kier molecular flexibility index (Phi) is 3.27. The van der Waals surface area contributed by atoms with Crippen molar-refractivity contribution in [2.45, 2.75) is 6.42 Å². The summed E-state index contributed by atoms with van der Waals surface area (Å²) in [6.45, 7) is 0.252. The molecule has 102 valence electrons. The van der Waals surface area contributed by atoms with Crippen LogP contribution in [0, 0.1) is 0 Å². The number of aromatic nitrogens is 4. The maximum Gasteiger partial charge on any atom is 0.270 e. The molecule has 3 rings (SSSR count). The van der Waals surface area contributed by atoms with Gasteiger partial charge in [0.25, 0.3) is 5.95 Å². The molecule has 2 N–H and O–H groups in total. The molecule has 0 bridgehead atoms. The number of fused-ring (bicyclic) bond motifs is 1. The first kappa shape index (κ1) is 12.2. The molecule has 8 heteroatoms. The Labute approximate surface area is 113 Å². The molecule has 0 aliphatic carbocycles. The second-order valence-electron chi connectivity index (χ2n) is 4.02. The topological polar surface area (TPSA) is 102 Å². The van der Waals surface area contributed by atoms with Gasteiger partial charge in [-0.15, -0.1) is 5.10 Å². The predicted octanol–water partition coefficient (Wildman–Crippen LogP) is 0.666. The van der Waals surface area contributed by atoms with Crippen LogP contribution in [0.5, 0.6) is 11.5 Å². The molecular formula is C12H11N5O3. The molecule has 0 atom stereocenters. The molecule has 1 aliphatic rings. The fourth-order valence-corrected chi connectivity index (χ4v) is 1.74. The number of hydrogen-bond donors (Lipinski definition) is 2. The number of nitrogens with zero attached hydrogens (tertiary/aromatic N) is 3. The van der Waals surface area contributed by atoms with Crippen LogP contribution in [0.4, 0.5) is 5.95 Å². The van der Waals surface area contributed by atoms with Gasteiger partial charge in [0, 0.05) is 0 Å². The average Bonchev–Trinajstić information content (AvgIpc) is 3.09. The van der Waals surface area contributed by atoms with Crippen LogP contribution in [0.3, 0.4) is 0 Å². The van der Waals surface area contributed by atoms with Crippen LogP contribution in [0.25, 0.3) is 0 Å². The molecule has 1 aromatic heterocycles. The Morgan fingerprint density at radius 3 is 3.15 bits per heavy atom. The van der Waals surface area contributed by atoms with Gasteiger partial charge in [-0.05, 0) is 35.4 Å². The van der Waals surface area contributed by atoms with Gasteiger partial charge in [-0.3, -0.25) is 10.1 Å². The number of tetrazole rings is 1. The predicted molar refractivity (Wildman–Crippen MR) is 68.2 cm³/mol. The van der Waals surface area contributed by atoms with E-state index in [-0.39, 0.29) is 18.6 Å². The van der Waals surface area contributed by atoms with Crippen molar-refractivity contribution in [2.24, 2.45) is 0 Å². The Bertz CT molecular complexity index is 639. The molecule has 8 nitrogen and oxygen atoms in total. The Morgan fingerprint density at radius 2 is 2.30 bits per heavy atom. The molecule has 2 heterocycles. The number of allylic oxidation sites excluding steroid dienone is 1. The van der Waals surface area contributed by atoms with E-state index in [2.05, 4.69) is 25.9 Å². The molecule has 0 spiro atoms. The van der Waals surface area contributed by atoms with Crippen molar-refractivity contribution in [1.29, 1.82) is 0 Å². The minimum atomic E-state index is -0.313. The van der Waals surface area contributed by atoms with E-state index >= 15 is 0 Å². The Balaban J connectivity index is 1.56. The van der Waals surface area contributed by atoms with E-state index in [1.807, 2.05) is 18.2 Å². The van der Waals surface area contributed by atoms with Gasteiger partial charge >= 0.3 is 0 Å². The maximum atomic E-state index is 11.5. The first-order chi connectivity index (χ1) is 9.81. The second-order valence-corrected chi connectivity index (χ2v) is 4.02. The highest BCUT2D eigenvalue weighted by atomic mass is 16.7. The summed E-state index contributed by atoms with van der Waals surface area (Å²) in [6, 6.07) is 5.67. The molecule has 0 saturated carbocycles. The SMILES string of the molecule is O=C(C=CCc1ccc2c(c1)OCO2)Nc1nn[nH]n1. The van der Waals surface area contributed by atoms with Crippen LogP contribution < -0.4 is 14.8 Å². The molecule has 1 amide bonds. The van der Waals surface area contributed by atoms with E-state index in [1.165, 1.54) is 6.08 Å². The summed E-state index contributed by atoms with van der Waals surface area (Å²) >= 11 is 0. The lowest BCUT2D eigenvalue weighted by Gasteiger charge is -1.99. The van der Waals surface area contributed by atoms with Gasteiger partial charge in [-0.2, -0.15) is 5.21 Å². The summed E-state index contributed by atoms with van der Waals surface area (Å²) in [5, 5.41) is 15.3. The molecule has 0 unspecified atom stereocenters. The van der Waals surface area contributed by atoms with E-state index in [0.29, 0.717) is 6.42 Å². The molecule has 1 aromatic carbocycles. The van der Waals surface area contributed by atoms with Crippen molar-refractivity contribution >= 4 is 11.9 Å². The number of carbonyl (C=O) groups is 1. The van der Waals surface area contributed by atoms with Crippen molar-refractivity contribution in [3.63, 3.8) is 0 Å². The summed E-state index contributed by atoms with van der Waals surface area (Å²) in [7, 11) is 0. The third kappa shape index (κ3) is 2.74. The maximum absolute atomic E-state index is 11.5. The van der Waals surface area contributed by atoms with Crippen LogP contribution in [0.1, 0.15) is 5.56 Å². The van der Waals surface area contributed by atoms with Gasteiger partial charge in [0.05, 0.1) is 0 Å². The number of rotatable bonds is 4. The number of benzene rings is 1. The van der Waals surface area contributed by atoms with Crippen LogP contribution in [0.15, 0.2) is 30.4 Å². The van der Waals surface area contributed by atoms with E-state index in [4.69, 9.17) is 9.47 Å². The normalized spacial score (nSPS) is 12.8. The zero-order valence-electron chi connectivity index (χ0n) is 10.4. The monoisotopic (exact) mass is 273 g/mol. The Hall–Kier alpha value is -2.90. The molecule has 2 aromatic rings. The summed E-state index contributed by atoms with van der Waals surface area (Å²) in [4.78, 5) is 11.5. The third-order valence-electron chi connectivity index (χ3n) is 2.64.